The fraction of sp³-hybridized carbons (Fsp3) is 0.417. The lowest BCUT2D eigenvalue weighted by Gasteiger charge is -2.49. The van der Waals surface area contributed by atoms with Gasteiger partial charge in [0.1, 0.15) is 22.1 Å². The van der Waals surface area contributed by atoms with E-state index in [0.29, 0.717) is 17.2 Å². The molecule has 1 aromatic carbocycles. The summed E-state index contributed by atoms with van der Waals surface area (Å²) in [5.74, 6) is 0.726. The summed E-state index contributed by atoms with van der Waals surface area (Å²) in [4.78, 5) is 21.1. The van der Waals surface area contributed by atoms with Crippen LogP contribution >= 0.6 is 11.3 Å². The minimum Gasteiger partial charge on any atom is -0.491 e. The van der Waals surface area contributed by atoms with Crippen LogP contribution < -0.4 is 20.7 Å². The van der Waals surface area contributed by atoms with Gasteiger partial charge in [-0.25, -0.2) is 4.98 Å². The first kappa shape index (κ1) is 21.0. The number of anilines is 2. The summed E-state index contributed by atoms with van der Waals surface area (Å²) in [6, 6.07) is 10.1. The van der Waals surface area contributed by atoms with Gasteiger partial charge in [0.15, 0.2) is 0 Å². The molecule has 1 saturated heterocycles. The molecule has 32 heavy (non-hydrogen) atoms. The Kier molecular flexibility index (Phi) is 5.22. The lowest BCUT2D eigenvalue weighted by Crippen LogP contribution is -2.57. The van der Waals surface area contributed by atoms with Gasteiger partial charge >= 0.3 is 0 Å². The molecule has 1 atom stereocenters. The Balaban J connectivity index is 1.25. The topological polar surface area (TPSA) is 89.7 Å². The molecule has 1 amide bonds. The van der Waals surface area contributed by atoms with Crippen LogP contribution in [-0.4, -0.2) is 50.3 Å². The third-order valence-corrected chi connectivity index (χ3v) is 7.35. The quantitative estimate of drug-likeness (QED) is 0.617. The molecule has 1 fully saturated rings. The first-order chi connectivity index (χ1) is 15.3. The summed E-state index contributed by atoms with van der Waals surface area (Å²) in [6.07, 6.45) is 0.727. The van der Waals surface area contributed by atoms with Crippen LogP contribution in [0.25, 0.3) is 10.2 Å². The molecule has 8 heteroatoms. The monoisotopic (exact) mass is 452 g/mol. The van der Waals surface area contributed by atoms with Crippen LogP contribution in [0.1, 0.15) is 27.9 Å². The number of methoxy groups -OCH3 is 1. The Labute approximate surface area is 191 Å². The first-order valence-corrected chi connectivity index (χ1v) is 11.6. The Morgan fingerprint density at radius 1 is 1.38 bits per heavy atom. The molecule has 3 aromatic rings. The van der Waals surface area contributed by atoms with Crippen LogP contribution in [0.4, 0.5) is 11.4 Å². The highest BCUT2D eigenvalue weighted by molar-refractivity contribution is 7.21. The minimum absolute atomic E-state index is 0.103. The van der Waals surface area contributed by atoms with Crippen molar-refractivity contribution >= 4 is 38.8 Å². The van der Waals surface area contributed by atoms with Gasteiger partial charge in [0.05, 0.1) is 18.3 Å². The second-order valence-corrected chi connectivity index (χ2v) is 10.2. The molecule has 2 aliphatic rings. The maximum Gasteiger partial charge on any atom is 0.263 e. The number of nitrogen functional groups attached to an aromatic ring is 1. The van der Waals surface area contributed by atoms with E-state index >= 15 is 0 Å². The van der Waals surface area contributed by atoms with E-state index in [0.717, 1.165) is 53.3 Å². The van der Waals surface area contributed by atoms with E-state index in [1.807, 2.05) is 19.1 Å². The number of aryl methyl sites for hydroxylation is 1. The van der Waals surface area contributed by atoms with Crippen molar-refractivity contribution in [3.63, 3.8) is 0 Å². The standard InChI is InChI=1S/C24H28N4O3S/c1-14-4-7-18-20(25)21(32-23(18)26-14)22(29)27-16-8-15-5-6-17(9-19(15)31-10-16)28-11-24(2,12-28)13-30-3/h4-7,9,16H,8,10-13,25H2,1-3H3,(H,27,29)/t16-/m1/s1. The molecule has 7 nitrogen and oxygen atoms in total. The third kappa shape index (κ3) is 3.78. The van der Waals surface area contributed by atoms with Crippen LogP contribution in [0.2, 0.25) is 0 Å². The number of benzene rings is 1. The third-order valence-electron chi connectivity index (χ3n) is 6.23. The van der Waals surface area contributed by atoms with Gasteiger partial charge in [-0.2, -0.15) is 0 Å². The molecular formula is C24H28N4O3S. The summed E-state index contributed by atoms with van der Waals surface area (Å²) in [7, 11) is 1.75. The SMILES string of the molecule is COCC1(C)CN(c2ccc3c(c2)OC[C@H](NC(=O)c2sc4nc(C)ccc4c2N)C3)C1. The predicted molar refractivity (Wildman–Crippen MR) is 128 cm³/mol. The van der Waals surface area contributed by atoms with Gasteiger partial charge in [0.2, 0.25) is 0 Å². The molecule has 168 valence electrons. The van der Waals surface area contributed by atoms with Crippen molar-refractivity contribution in [2.24, 2.45) is 5.41 Å². The number of rotatable bonds is 5. The van der Waals surface area contributed by atoms with Crippen molar-refractivity contribution in [2.75, 3.05) is 44.0 Å². The highest BCUT2D eigenvalue weighted by Gasteiger charge is 2.39. The molecule has 5 rings (SSSR count). The van der Waals surface area contributed by atoms with Crippen LogP contribution in [0, 0.1) is 12.3 Å². The Bertz CT molecular complexity index is 1190. The Morgan fingerprint density at radius 3 is 2.97 bits per heavy atom. The van der Waals surface area contributed by atoms with Gasteiger partial charge < -0.3 is 25.4 Å². The fourth-order valence-electron chi connectivity index (χ4n) is 4.66. The molecule has 2 aromatic heterocycles. The van der Waals surface area contributed by atoms with E-state index < -0.39 is 0 Å². The second-order valence-electron chi connectivity index (χ2n) is 9.23. The summed E-state index contributed by atoms with van der Waals surface area (Å²) in [5, 5.41) is 3.92. The maximum absolute atomic E-state index is 12.9. The normalized spacial score (nSPS) is 19.2. The summed E-state index contributed by atoms with van der Waals surface area (Å²) < 4.78 is 11.4. The molecule has 0 radical (unpaired) electrons. The highest BCUT2D eigenvalue weighted by Crippen LogP contribution is 2.38. The number of hydrogen-bond acceptors (Lipinski definition) is 7. The summed E-state index contributed by atoms with van der Waals surface area (Å²) in [5.41, 5.74) is 10.1. The van der Waals surface area contributed by atoms with Crippen LogP contribution in [0.3, 0.4) is 0 Å². The van der Waals surface area contributed by atoms with Crippen LogP contribution in [0.5, 0.6) is 5.75 Å². The van der Waals surface area contributed by atoms with Crippen molar-refractivity contribution < 1.29 is 14.3 Å². The number of nitrogens with two attached hydrogens (primary N) is 1. The number of ether oxygens (including phenoxy) is 2. The minimum atomic E-state index is -0.171. The van der Waals surface area contributed by atoms with E-state index in [1.165, 1.54) is 17.0 Å². The van der Waals surface area contributed by atoms with Crippen LogP contribution in [-0.2, 0) is 11.2 Å². The number of fused-ring (bicyclic) bond motifs is 2. The molecule has 2 aliphatic heterocycles. The molecule has 4 heterocycles. The largest absolute Gasteiger partial charge is 0.491 e. The average molecular weight is 453 g/mol. The number of thiophene rings is 1. The zero-order valence-corrected chi connectivity index (χ0v) is 19.4. The van der Waals surface area contributed by atoms with Crippen LogP contribution in [0.15, 0.2) is 30.3 Å². The van der Waals surface area contributed by atoms with Crippen molar-refractivity contribution in [1.29, 1.82) is 0 Å². The molecule has 0 saturated carbocycles. The van der Waals surface area contributed by atoms with Gasteiger partial charge in [-0.3, -0.25) is 4.79 Å². The molecular weight excluding hydrogens is 424 g/mol. The summed E-state index contributed by atoms with van der Waals surface area (Å²) in [6.45, 7) is 7.33. The van der Waals surface area contributed by atoms with E-state index in [2.05, 4.69) is 40.3 Å². The molecule has 0 spiro atoms. The van der Waals surface area contributed by atoms with E-state index in [-0.39, 0.29) is 17.4 Å². The number of nitrogens with zero attached hydrogens (tertiary/aromatic N) is 2. The molecule has 0 unspecified atom stereocenters. The van der Waals surface area contributed by atoms with Gasteiger partial charge in [0, 0.05) is 48.4 Å². The number of aromatic nitrogens is 1. The molecule has 0 aliphatic carbocycles. The van der Waals surface area contributed by atoms with Crippen molar-refractivity contribution in [3.8, 4) is 5.75 Å². The Morgan fingerprint density at radius 2 is 2.19 bits per heavy atom. The van der Waals surface area contributed by atoms with Crippen molar-refractivity contribution in [3.05, 3.63) is 46.5 Å². The van der Waals surface area contributed by atoms with Gasteiger partial charge in [0.25, 0.3) is 5.91 Å². The number of carbonyl (C=O) groups excluding carboxylic acids is 1. The zero-order valence-electron chi connectivity index (χ0n) is 18.6. The summed E-state index contributed by atoms with van der Waals surface area (Å²) >= 11 is 1.33. The molecule has 3 N–H and O–H groups in total. The Hall–Kier alpha value is -2.84. The fourth-order valence-corrected chi connectivity index (χ4v) is 5.70. The lowest BCUT2D eigenvalue weighted by molar-refractivity contribution is 0.0701. The smallest absolute Gasteiger partial charge is 0.263 e. The van der Waals surface area contributed by atoms with Crippen molar-refractivity contribution in [1.82, 2.24) is 10.3 Å². The highest BCUT2D eigenvalue weighted by atomic mass is 32.1. The average Bonchev–Trinajstić information content (AvgIpc) is 3.07. The number of nitrogens with one attached hydrogen (secondary N) is 1. The van der Waals surface area contributed by atoms with E-state index in [9.17, 15) is 4.79 Å². The van der Waals surface area contributed by atoms with E-state index in [1.54, 1.807) is 7.11 Å². The van der Waals surface area contributed by atoms with Gasteiger partial charge in [-0.1, -0.05) is 13.0 Å². The zero-order chi connectivity index (χ0) is 22.5. The van der Waals surface area contributed by atoms with Gasteiger partial charge in [-0.05, 0) is 37.1 Å². The molecule has 0 bridgehead atoms. The predicted octanol–water partition coefficient (Wildman–Crippen LogP) is 3.39. The number of amides is 1. The number of pyridine rings is 1. The lowest BCUT2D eigenvalue weighted by atomic mass is 9.82. The maximum atomic E-state index is 12.9. The number of hydrogen-bond donors (Lipinski definition) is 2. The van der Waals surface area contributed by atoms with E-state index in [4.69, 9.17) is 15.2 Å². The first-order valence-electron chi connectivity index (χ1n) is 10.8. The van der Waals surface area contributed by atoms with Crippen molar-refractivity contribution in [2.45, 2.75) is 26.3 Å². The van der Waals surface area contributed by atoms with Gasteiger partial charge in [-0.15, -0.1) is 11.3 Å². The number of carbonyl (C=O) groups is 1. The second kappa shape index (κ2) is 7.94.